The van der Waals surface area contributed by atoms with E-state index in [1.54, 1.807) is 0 Å². The zero-order valence-corrected chi connectivity index (χ0v) is 23.9. The minimum atomic E-state index is 0.509. The largest absolute Gasteiger partial charge is 0.507 e. The van der Waals surface area contributed by atoms with Crippen LogP contribution in [0.2, 0.25) is 0 Å². The highest BCUT2D eigenvalue weighted by Crippen LogP contribution is 2.34. The van der Waals surface area contributed by atoms with Crippen molar-refractivity contribution in [1.82, 2.24) is 0 Å². The average molecular weight is 481 g/mol. The Labute approximate surface area is 216 Å². The first-order valence-electron chi connectivity index (χ1n) is 14.3. The number of rotatable bonds is 14. The summed E-state index contributed by atoms with van der Waals surface area (Å²) in [7, 11) is 0. The fraction of sp³-hybridized carbons (Fsp3) is 0.636. The average Bonchev–Trinajstić information content (AvgIpc) is 2.84. The zero-order chi connectivity index (χ0) is 26.1. The van der Waals surface area contributed by atoms with Gasteiger partial charge in [0.15, 0.2) is 0 Å². The molecule has 2 aromatic carbocycles. The molecule has 2 N–H and O–H groups in total. The molecule has 2 aromatic rings. The number of phenols is 2. The van der Waals surface area contributed by atoms with Crippen LogP contribution >= 0.6 is 0 Å². The number of benzene rings is 2. The summed E-state index contributed by atoms with van der Waals surface area (Å²) in [5.74, 6) is 3.21. The van der Waals surface area contributed by atoms with Gasteiger partial charge in [-0.25, -0.2) is 0 Å². The smallest absolute Gasteiger partial charge is 0.121 e. The Morgan fingerprint density at radius 3 is 0.914 bits per heavy atom. The van der Waals surface area contributed by atoms with E-state index in [2.05, 4.69) is 79.7 Å². The van der Waals surface area contributed by atoms with Gasteiger partial charge in [-0.15, -0.1) is 0 Å². The third-order valence-corrected chi connectivity index (χ3v) is 8.12. The predicted molar refractivity (Wildman–Crippen MR) is 152 cm³/mol. The normalized spacial score (nSPS) is 15.1. The highest BCUT2D eigenvalue weighted by atomic mass is 16.3. The van der Waals surface area contributed by atoms with Crippen LogP contribution in [0.4, 0.5) is 0 Å². The lowest BCUT2D eigenvalue weighted by atomic mass is 9.87. The van der Waals surface area contributed by atoms with Crippen LogP contribution in [0.15, 0.2) is 24.3 Å². The second kappa shape index (κ2) is 14.0. The van der Waals surface area contributed by atoms with Gasteiger partial charge in [0.25, 0.3) is 0 Å². The standard InChI is InChI=1S/C33H52O2/c1-9-22(5)13-28-18-26(19-29(32(28)34)14-23(6)10-2)17-27-20-30(15-24(7)11-3)33(35)31(21-27)16-25(8)12-4/h18-25,34-35H,9-17H2,1-8H3. The molecule has 0 bridgehead atoms. The number of hydrogen-bond acceptors (Lipinski definition) is 2. The quantitative estimate of drug-likeness (QED) is 0.283. The molecule has 0 spiro atoms. The third-order valence-electron chi connectivity index (χ3n) is 8.12. The maximum atomic E-state index is 11.1. The first kappa shape index (κ1) is 29.3. The molecule has 0 aliphatic heterocycles. The van der Waals surface area contributed by atoms with Crippen molar-refractivity contribution in [3.63, 3.8) is 0 Å². The molecule has 2 heteroatoms. The van der Waals surface area contributed by atoms with Gasteiger partial charge >= 0.3 is 0 Å². The maximum absolute atomic E-state index is 11.1. The van der Waals surface area contributed by atoms with E-state index >= 15 is 0 Å². The Morgan fingerprint density at radius 1 is 0.486 bits per heavy atom. The lowest BCUT2D eigenvalue weighted by molar-refractivity contribution is 0.441. The van der Waals surface area contributed by atoms with Crippen molar-refractivity contribution < 1.29 is 10.2 Å². The molecule has 4 atom stereocenters. The van der Waals surface area contributed by atoms with Crippen LogP contribution in [-0.2, 0) is 32.1 Å². The molecule has 35 heavy (non-hydrogen) atoms. The Morgan fingerprint density at radius 2 is 0.714 bits per heavy atom. The lowest BCUT2D eigenvalue weighted by Gasteiger charge is -2.19. The molecule has 196 valence electrons. The van der Waals surface area contributed by atoms with Gasteiger partial charge in [-0.2, -0.15) is 0 Å². The van der Waals surface area contributed by atoms with E-state index in [0.29, 0.717) is 35.2 Å². The van der Waals surface area contributed by atoms with Crippen LogP contribution in [0.5, 0.6) is 11.5 Å². The van der Waals surface area contributed by atoms with E-state index in [9.17, 15) is 10.2 Å². The van der Waals surface area contributed by atoms with Crippen molar-refractivity contribution in [2.24, 2.45) is 23.7 Å². The van der Waals surface area contributed by atoms with E-state index in [4.69, 9.17) is 0 Å². The molecular formula is C33H52O2. The molecular weight excluding hydrogens is 428 g/mol. The third kappa shape index (κ3) is 8.58. The van der Waals surface area contributed by atoms with Crippen molar-refractivity contribution in [2.45, 2.75) is 113 Å². The number of aromatic hydroxyl groups is 2. The summed E-state index contributed by atoms with van der Waals surface area (Å²) in [6.07, 6.45) is 8.94. The zero-order valence-electron chi connectivity index (χ0n) is 23.9. The molecule has 0 aliphatic carbocycles. The summed E-state index contributed by atoms with van der Waals surface area (Å²) in [5.41, 5.74) is 6.91. The molecule has 0 radical (unpaired) electrons. The molecule has 0 saturated heterocycles. The topological polar surface area (TPSA) is 40.5 Å². The second-order valence-corrected chi connectivity index (χ2v) is 11.6. The molecule has 0 heterocycles. The monoisotopic (exact) mass is 480 g/mol. The van der Waals surface area contributed by atoms with E-state index in [1.165, 1.54) is 11.1 Å². The van der Waals surface area contributed by atoms with Crippen LogP contribution in [-0.4, -0.2) is 10.2 Å². The summed E-state index contributed by atoms with van der Waals surface area (Å²) < 4.78 is 0. The van der Waals surface area contributed by atoms with Gasteiger partial charge in [-0.1, -0.05) is 105 Å². The summed E-state index contributed by atoms with van der Waals surface area (Å²) in [6.45, 7) is 18.0. The molecule has 0 aromatic heterocycles. The number of phenolic OH excluding ortho intramolecular Hbond substituents is 2. The van der Waals surface area contributed by atoms with E-state index in [1.807, 2.05) is 0 Å². The van der Waals surface area contributed by atoms with Crippen molar-refractivity contribution in [3.05, 3.63) is 57.6 Å². The van der Waals surface area contributed by atoms with Gasteiger partial charge in [0, 0.05) is 0 Å². The molecule has 0 fully saturated rings. The highest BCUT2D eigenvalue weighted by Gasteiger charge is 2.17. The Balaban J connectivity index is 2.51. The van der Waals surface area contributed by atoms with Gasteiger partial charge in [-0.3, -0.25) is 0 Å². The second-order valence-electron chi connectivity index (χ2n) is 11.6. The van der Waals surface area contributed by atoms with E-state index < -0.39 is 0 Å². The van der Waals surface area contributed by atoms with Crippen molar-refractivity contribution in [3.8, 4) is 11.5 Å². The minimum Gasteiger partial charge on any atom is -0.507 e. The fourth-order valence-corrected chi connectivity index (χ4v) is 4.81. The van der Waals surface area contributed by atoms with Crippen molar-refractivity contribution >= 4 is 0 Å². The summed E-state index contributed by atoms with van der Waals surface area (Å²) in [6, 6.07) is 8.93. The summed E-state index contributed by atoms with van der Waals surface area (Å²) in [5, 5.41) is 22.2. The molecule has 0 amide bonds. The van der Waals surface area contributed by atoms with E-state index in [0.717, 1.165) is 80.0 Å². The van der Waals surface area contributed by atoms with Crippen LogP contribution in [0.3, 0.4) is 0 Å². The first-order chi connectivity index (χ1) is 16.6. The molecule has 0 saturated carbocycles. The lowest BCUT2D eigenvalue weighted by Crippen LogP contribution is -2.06. The SMILES string of the molecule is CCC(C)Cc1cc(Cc2cc(CC(C)CC)c(O)c(CC(C)CC)c2)cc(CC(C)CC)c1O. The van der Waals surface area contributed by atoms with Gasteiger partial charge in [-0.05, 0) is 89.2 Å². The van der Waals surface area contributed by atoms with E-state index in [-0.39, 0.29) is 0 Å². The van der Waals surface area contributed by atoms with Gasteiger partial charge < -0.3 is 10.2 Å². The van der Waals surface area contributed by atoms with Crippen LogP contribution < -0.4 is 0 Å². The molecule has 2 nitrogen and oxygen atoms in total. The highest BCUT2D eigenvalue weighted by molar-refractivity contribution is 5.48. The molecule has 4 unspecified atom stereocenters. The first-order valence-corrected chi connectivity index (χ1v) is 14.3. The van der Waals surface area contributed by atoms with Gasteiger partial charge in [0.05, 0.1) is 0 Å². The number of hydrogen-bond donors (Lipinski definition) is 2. The Kier molecular flexibility index (Phi) is 11.7. The predicted octanol–water partition coefficient (Wildman–Crippen LogP) is 9.04. The minimum absolute atomic E-state index is 0.509. The van der Waals surface area contributed by atoms with Crippen LogP contribution in [0.1, 0.15) is 114 Å². The molecule has 0 aliphatic rings. The fourth-order valence-electron chi connectivity index (χ4n) is 4.81. The molecule has 2 rings (SSSR count). The summed E-state index contributed by atoms with van der Waals surface area (Å²) >= 11 is 0. The van der Waals surface area contributed by atoms with Crippen LogP contribution in [0.25, 0.3) is 0 Å². The Bertz CT molecular complexity index is 787. The summed E-state index contributed by atoms with van der Waals surface area (Å²) in [4.78, 5) is 0. The van der Waals surface area contributed by atoms with Gasteiger partial charge in [0.1, 0.15) is 11.5 Å². The van der Waals surface area contributed by atoms with Gasteiger partial charge in [0.2, 0.25) is 0 Å². The van der Waals surface area contributed by atoms with Crippen molar-refractivity contribution in [2.75, 3.05) is 0 Å². The maximum Gasteiger partial charge on any atom is 0.121 e. The Hall–Kier alpha value is -1.96. The van der Waals surface area contributed by atoms with Crippen molar-refractivity contribution in [1.29, 1.82) is 0 Å². The van der Waals surface area contributed by atoms with Crippen LogP contribution in [0, 0.1) is 23.7 Å².